The molecule has 0 aromatic rings. The van der Waals surface area contributed by atoms with Crippen LogP contribution in [0.5, 0.6) is 0 Å². The largest absolute Gasteiger partial charge is 0.394 e. The summed E-state index contributed by atoms with van der Waals surface area (Å²) in [6.07, 6.45) is 2.66. The standard InChI is InChI=1S/C10H20N2O3/c13-6-9(7-14)12-10(15)4-8-2-1-3-11-5-8/h8-9,11,13-14H,1-7H2,(H,12,15). The molecule has 1 amide bonds. The minimum absolute atomic E-state index is 0.0863. The van der Waals surface area contributed by atoms with Crippen LogP contribution in [0.3, 0.4) is 0 Å². The minimum atomic E-state index is -0.519. The van der Waals surface area contributed by atoms with Crippen LogP contribution in [0.1, 0.15) is 19.3 Å². The zero-order chi connectivity index (χ0) is 11.1. The molecule has 0 saturated carbocycles. The molecule has 88 valence electrons. The molecule has 1 fully saturated rings. The molecule has 0 aliphatic carbocycles. The Morgan fingerprint density at radius 2 is 2.20 bits per heavy atom. The van der Waals surface area contributed by atoms with E-state index in [2.05, 4.69) is 10.6 Å². The maximum atomic E-state index is 11.5. The van der Waals surface area contributed by atoms with Gasteiger partial charge in [0.05, 0.1) is 19.3 Å². The molecule has 4 N–H and O–H groups in total. The molecule has 1 unspecified atom stereocenters. The van der Waals surface area contributed by atoms with Crippen LogP contribution in [0.4, 0.5) is 0 Å². The fraction of sp³-hybridized carbons (Fsp3) is 0.900. The van der Waals surface area contributed by atoms with Crippen LogP contribution in [0.2, 0.25) is 0 Å². The summed E-state index contributed by atoms with van der Waals surface area (Å²) in [5.74, 6) is 0.300. The number of amides is 1. The Morgan fingerprint density at radius 3 is 2.73 bits per heavy atom. The Kier molecular flexibility index (Phi) is 5.60. The van der Waals surface area contributed by atoms with Crippen LogP contribution in [0.25, 0.3) is 0 Å². The van der Waals surface area contributed by atoms with E-state index in [0.29, 0.717) is 12.3 Å². The van der Waals surface area contributed by atoms with E-state index in [0.717, 1.165) is 25.9 Å². The molecule has 1 atom stereocenters. The summed E-state index contributed by atoms with van der Waals surface area (Å²) < 4.78 is 0. The van der Waals surface area contributed by atoms with Crippen molar-refractivity contribution in [3.05, 3.63) is 0 Å². The van der Waals surface area contributed by atoms with Crippen molar-refractivity contribution < 1.29 is 15.0 Å². The quantitative estimate of drug-likeness (QED) is 0.467. The van der Waals surface area contributed by atoms with E-state index in [1.54, 1.807) is 0 Å². The molecule has 1 heterocycles. The fourth-order valence-corrected chi connectivity index (χ4v) is 1.80. The molecule has 1 aliphatic heterocycles. The molecule has 5 nitrogen and oxygen atoms in total. The van der Waals surface area contributed by atoms with Gasteiger partial charge in [0.15, 0.2) is 0 Å². The number of carbonyl (C=O) groups excluding carboxylic acids is 1. The van der Waals surface area contributed by atoms with E-state index in [-0.39, 0.29) is 19.1 Å². The van der Waals surface area contributed by atoms with E-state index < -0.39 is 6.04 Å². The number of aliphatic hydroxyl groups excluding tert-OH is 2. The SMILES string of the molecule is O=C(CC1CCCNC1)NC(CO)CO. The lowest BCUT2D eigenvalue weighted by Crippen LogP contribution is -2.42. The van der Waals surface area contributed by atoms with Gasteiger partial charge < -0.3 is 20.8 Å². The highest BCUT2D eigenvalue weighted by atomic mass is 16.3. The predicted octanol–water partition coefficient (Wildman–Crippen LogP) is -1.15. The predicted molar refractivity (Wildman–Crippen MR) is 56.3 cm³/mol. The average molecular weight is 216 g/mol. The van der Waals surface area contributed by atoms with Gasteiger partial charge in [-0.1, -0.05) is 0 Å². The molecule has 0 aromatic heterocycles. The molecule has 1 rings (SSSR count). The molecule has 1 saturated heterocycles. The summed E-state index contributed by atoms with van der Waals surface area (Å²) in [6, 6.07) is -0.519. The van der Waals surface area contributed by atoms with Gasteiger partial charge in [0.1, 0.15) is 0 Å². The minimum Gasteiger partial charge on any atom is -0.394 e. The maximum absolute atomic E-state index is 11.5. The van der Waals surface area contributed by atoms with Crippen LogP contribution in [-0.4, -0.2) is 48.5 Å². The van der Waals surface area contributed by atoms with Crippen LogP contribution in [0, 0.1) is 5.92 Å². The van der Waals surface area contributed by atoms with Crippen molar-refractivity contribution >= 4 is 5.91 Å². The summed E-state index contributed by atoms with van der Waals surface area (Å²) in [7, 11) is 0. The normalized spacial score (nSPS) is 21.7. The number of hydrogen-bond donors (Lipinski definition) is 4. The smallest absolute Gasteiger partial charge is 0.220 e. The van der Waals surface area contributed by atoms with E-state index in [9.17, 15) is 4.79 Å². The van der Waals surface area contributed by atoms with Gasteiger partial charge in [-0.25, -0.2) is 0 Å². The molecule has 1 aliphatic rings. The third-order valence-corrected chi connectivity index (χ3v) is 2.68. The van der Waals surface area contributed by atoms with Gasteiger partial charge in [-0.15, -0.1) is 0 Å². The summed E-state index contributed by atoms with van der Waals surface area (Å²) in [4.78, 5) is 11.5. The number of nitrogens with one attached hydrogen (secondary N) is 2. The second-order valence-electron chi connectivity index (χ2n) is 4.05. The van der Waals surface area contributed by atoms with E-state index in [4.69, 9.17) is 10.2 Å². The summed E-state index contributed by atoms with van der Waals surface area (Å²) >= 11 is 0. The third-order valence-electron chi connectivity index (χ3n) is 2.68. The van der Waals surface area contributed by atoms with Crippen LogP contribution in [-0.2, 0) is 4.79 Å². The Labute approximate surface area is 89.9 Å². The molecule has 15 heavy (non-hydrogen) atoms. The zero-order valence-electron chi connectivity index (χ0n) is 8.91. The number of hydrogen-bond acceptors (Lipinski definition) is 4. The lowest BCUT2D eigenvalue weighted by Gasteiger charge is -2.23. The Bertz CT molecular complexity index is 189. The first-order valence-electron chi connectivity index (χ1n) is 5.48. The van der Waals surface area contributed by atoms with Gasteiger partial charge in [0.25, 0.3) is 0 Å². The van der Waals surface area contributed by atoms with Gasteiger partial charge in [0, 0.05) is 6.42 Å². The molecule has 0 bridgehead atoms. The van der Waals surface area contributed by atoms with Crippen molar-refractivity contribution in [1.29, 1.82) is 0 Å². The molecule has 0 aromatic carbocycles. The summed E-state index contributed by atoms with van der Waals surface area (Å²) in [6.45, 7) is 1.49. The molecular formula is C10H20N2O3. The average Bonchev–Trinajstić information content (AvgIpc) is 2.27. The first kappa shape index (κ1) is 12.4. The van der Waals surface area contributed by atoms with Crippen molar-refractivity contribution in [1.82, 2.24) is 10.6 Å². The Balaban J connectivity index is 2.21. The van der Waals surface area contributed by atoms with Crippen molar-refractivity contribution in [2.45, 2.75) is 25.3 Å². The maximum Gasteiger partial charge on any atom is 0.220 e. The molecule has 0 spiro atoms. The van der Waals surface area contributed by atoms with Crippen molar-refractivity contribution in [2.24, 2.45) is 5.92 Å². The van der Waals surface area contributed by atoms with Gasteiger partial charge in [-0.3, -0.25) is 4.79 Å². The van der Waals surface area contributed by atoms with Gasteiger partial charge in [0.2, 0.25) is 5.91 Å². The highest BCUT2D eigenvalue weighted by molar-refractivity contribution is 5.76. The summed E-state index contributed by atoms with van der Waals surface area (Å²) in [5.41, 5.74) is 0. The number of piperidine rings is 1. The van der Waals surface area contributed by atoms with E-state index in [1.165, 1.54) is 0 Å². The first-order valence-corrected chi connectivity index (χ1v) is 5.48. The zero-order valence-corrected chi connectivity index (χ0v) is 8.91. The third kappa shape index (κ3) is 4.59. The molecule has 5 heteroatoms. The lowest BCUT2D eigenvalue weighted by atomic mass is 9.96. The second-order valence-corrected chi connectivity index (χ2v) is 4.05. The van der Waals surface area contributed by atoms with E-state index in [1.807, 2.05) is 0 Å². The Morgan fingerprint density at radius 1 is 1.47 bits per heavy atom. The van der Waals surface area contributed by atoms with Crippen LogP contribution in [0.15, 0.2) is 0 Å². The lowest BCUT2D eigenvalue weighted by molar-refractivity contribution is -0.123. The number of rotatable bonds is 5. The van der Waals surface area contributed by atoms with Gasteiger partial charge in [-0.2, -0.15) is 0 Å². The highest BCUT2D eigenvalue weighted by Gasteiger charge is 2.18. The highest BCUT2D eigenvalue weighted by Crippen LogP contribution is 2.13. The van der Waals surface area contributed by atoms with Crippen molar-refractivity contribution in [3.63, 3.8) is 0 Å². The first-order chi connectivity index (χ1) is 7.26. The Hall–Kier alpha value is -0.650. The molecular weight excluding hydrogens is 196 g/mol. The van der Waals surface area contributed by atoms with Crippen LogP contribution >= 0.6 is 0 Å². The van der Waals surface area contributed by atoms with Crippen LogP contribution < -0.4 is 10.6 Å². The van der Waals surface area contributed by atoms with Gasteiger partial charge in [-0.05, 0) is 31.8 Å². The topological polar surface area (TPSA) is 81.6 Å². The van der Waals surface area contributed by atoms with Crippen molar-refractivity contribution in [3.8, 4) is 0 Å². The summed E-state index contributed by atoms with van der Waals surface area (Å²) in [5, 5.41) is 23.4. The van der Waals surface area contributed by atoms with E-state index >= 15 is 0 Å². The molecule has 0 radical (unpaired) electrons. The van der Waals surface area contributed by atoms with Gasteiger partial charge >= 0.3 is 0 Å². The fourth-order valence-electron chi connectivity index (χ4n) is 1.80. The second kappa shape index (κ2) is 6.76. The number of carbonyl (C=O) groups is 1. The monoisotopic (exact) mass is 216 g/mol. The van der Waals surface area contributed by atoms with Crippen molar-refractivity contribution in [2.75, 3.05) is 26.3 Å². The number of aliphatic hydroxyl groups is 2.